The van der Waals surface area contributed by atoms with E-state index in [0.717, 1.165) is 24.4 Å². The van der Waals surface area contributed by atoms with Crippen LogP contribution < -0.4 is 5.32 Å². The van der Waals surface area contributed by atoms with Gasteiger partial charge in [-0.25, -0.2) is 0 Å². The third kappa shape index (κ3) is 3.10. The molecule has 2 fully saturated rings. The molecule has 92 valence electrons. The number of hydrogen-bond donors (Lipinski definition) is 1. The zero-order valence-electron chi connectivity index (χ0n) is 10.6. The van der Waals surface area contributed by atoms with Crippen LogP contribution >= 0.6 is 0 Å². The van der Waals surface area contributed by atoms with Gasteiger partial charge in [0, 0.05) is 12.6 Å². The van der Waals surface area contributed by atoms with Crippen LogP contribution in [0.3, 0.4) is 0 Å². The summed E-state index contributed by atoms with van der Waals surface area (Å²) in [5.41, 5.74) is 0. The van der Waals surface area contributed by atoms with Gasteiger partial charge < -0.3 is 5.32 Å². The van der Waals surface area contributed by atoms with E-state index in [1.807, 2.05) is 6.08 Å². The van der Waals surface area contributed by atoms with Crippen molar-refractivity contribution >= 4 is 0 Å². The van der Waals surface area contributed by atoms with E-state index in [9.17, 15) is 0 Å². The molecule has 0 amide bonds. The minimum absolute atomic E-state index is 0.787. The van der Waals surface area contributed by atoms with Crippen molar-refractivity contribution in [3.8, 4) is 0 Å². The highest BCUT2D eigenvalue weighted by Gasteiger charge is 2.31. The summed E-state index contributed by atoms with van der Waals surface area (Å²) >= 11 is 0. The van der Waals surface area contributed by atoms with Crippen molar-refractivity contribution in [2.75, 3.05) is 6.54 Å². The van der Waals surface area contributed by atoms with E-state index in [2.05, 4.69) is 11.9 Å². The summed E-state index contributed by atoms with van der Waals surface area (Å²) in [4.78, 5) is 0. The van der Waals surface area contributed by atoms with Gasteiger partial charge in [0.25, 0.3) is 0 Å². The predicted molar refractivity (Wildman–Crippen MR) is 70.5 cm³/mol. The lowest BCUT2D eigenvalue weighted by Crippen LogP contribution is -2.42. The number of hydrogen-bond acceptors (Lipinski definition) is 1. The minimum Gasteiger partial charge on any atom is -0.310 e. The topological polar surface area (TPSA) is 12.0 Å². The standard InChI is InChI=1S/C15H27N/c1-2-12-16-15-11-7-6-10-14(15)13-8-4-3-5-9-13/h2,13-16H,1,3-12H2. The molecule has 2 saturated carbocycles. The number of nitrogens with one attached hydrogen (secondary N) is 1. The summed E-state index contributed by atoms with van der Waals surface area (Å²) in [5, 5.41) is 3.70. The van der Waals surface area contributed by atoms with Gasteiger partial charge in [0.05, 0.1) is 0 Å². The Hall–Kier alpha value is -0.300. The molecule has 1 nitrogen and oxygen atoms in total. The Bertz CT molecular complexity index is 205. The van der Waals surface area contributed by atoms with Crippen LogP contribution in [0.25, 0.3) is 0 Å². The third-order valence-corrected chi connectivity index (χ3v) is 4.60. The maximum Gasteiger partial charge on any atom is 0.0134 e. The molecule has 0 aromatic carbocycles. The molecule has 2 atom stereocenters. The van der Waals surface area contributed by atoms with Crippen LogP contribution in [-0.2, 0) is 0 Å². The second-order valence-corrected chi connectivity index (χ2v) is 5.65. The van der Waals surface area contributed by atoms with E-state index in [1.165, 1.54) is 57.8 Å². The molecule has 0 heterocycles. The van der Waals surface area contributed by atoms with Gasteiger partial charge >= 0.3 is 0 Å². The van der Waals surface area contributed by atoms with E-state index in [4.69, 9.17) is 0 Å². The van der Waals surface area contributed by atoms with Crippen molar-refractivity contribution in [1.29, 1.82) is 0 Å². The van der Waals surface area contributed by atoms with Crippen molar-refractivity contribution in [3.63, 3.8) is 0 Å². The van der Waals surface area contributed by atoms with Crippen molar-refractivity contribution < 1.29 is 0 Å². The van der Waals surface area contributed by atoms with Crippen LogP contribution in [0.4, 0.5) is 0 Å². The summed E-state index contributed by atoms with van der Waals surface area (Å²) < 4.78 is 0. The maximum atomic E-state index is 3.82. The molecule has 2 aliphatic carbocycles. The lowest BCUT2D eigenvalue weighted by Gasteiger charge is -2.39. The predicted octanol–water partition coefficient (Wildman–Crippen LogP) is 3.90. The van der Waals surface area contributed by atoms with Gasteiger partial charge in [-0.2, -0.15) is 0 Å². The van der Waals surface area contributed by atoms with Gasteiger partial charge in [-0.3, -0.25) is 0 Å². The van der Waals surface area contributed by atoms with E-state index < -0.39 is 0 Å². The normalized spacial score (nSPS) is 32.5. The van der Waals surface area contributed by atoms with Gasteiger partial charge in [0.1, 0.15) is 0 Å². The minimum atomic E-state index is 0.787. The van der Waals surface area contributed by atoms with Gasteiger partial charge in [0.2, 0.25) is 0 Å². The molecule has 0 aromatic rings. The molecule has 1 N–H and O–H groups in total. The molecule has 0 spiro atoms. The highest BCUT2D eigenvalue weighted by molar-refractivity contribution is 4.88. The SMILES string of the molecule is C=CCNC1CCCCC1C1CCCCC1. The van der Waals surface area contributed by atoms with Gasteiger partial charge in [-0.15, -0.1) is 6.58 Å². The summed E-state index contributed by atoms with van der Waals surface area (Å²) in [6.07, 6.45) is 15.2. The van der Waals surface area contributed by atoms with Crippen LogP contribution in [0, 0.1) is 11.8 Å². The summed E-state index contributed by atoms with van der Waals surface area (Å²) in [6.45, 7) is 4.81. The number of rotatable bonds is 4. The van der Waals surface area contributed by atoms with Crippen LogP contribution in [0.2, 0.25) is 0 Å². The Kier molecular flexibility index (Phi) is 4.90. The lowest BCUT2D eigenvalue weighted by molar-refractivity contribution is 0.153. The van der Waals surface area contributed by atoms with Gasteiger partial charge in [-0.05, 0) is 24.7 Å². The molecule has 16 heavy (non-hydrogen) atoms. The zero-order chi connectivity index (χ0) is 11.2. The molecule has 2 unspecified atom stereocenters. The zero-order valence-corrected chi connectivity index (χ0v) is 10.6. The average Bonchev–Trinajstić information content (AvgIpc) is 2.38. The van der Waals surface area contributed by atoms with Crippen LogP contribution in [0.5, 0.6) is 0 Å². The summed E-state index contributed by atoms with van der Waals surface area (Å²) in [6, 6.07) is 0.787. The van der Waals surface area contributed by atoms with Gasteiger partial charge in [-0.1, -0.05) is 51.0 Å². The largest absolute Gasteiger partial charge is 0.310 e. The van der Waals surface area contributed by atoms with Crippen molar-refractivity contribution in [1.82, 2.24) is 5.32 Å². The fraction of sp³-hybridized carbons (Fsp3) is 0.867. The highest BCUT2D eigenvalue weighted by atomic mass is 14.9. The van der Waals surface area contributed by atoms with E-state index in [1.54, 1.807) is 0 Å². The molecular weight excluding hydrogens is 194 g/mol. The Labute approximate surface area is 101 Å². The molecular formula is C15H27N. The fourth-order valence-corrected chi connectivity index (χ4v) is 3.77. The lowest BCUT2D eigenvalue weighted by atomic mass is 9.71. The molecule has 0 bridgehead atoms. The average molecular weight is 221 g/mol. The van der Waals surface area contributed by atoms with Crippen molar-refractivity contribution in [2.24, 2.45) is 11.8 Å². The van der Waals surface area contributed by atoms with E-state index >= 15 is 0 Å². The summed E-state index contributed by atoms with van der Waals surface area (Å²) in [7, 11) is 0. The Morgan fingerprint density at radius 1 is 0.938 bits per heavy atom. The molecule has 1 heteroatoms. The maximum absolute atomic E-state index is 3.82. The quantitative estimate of drug-likeness (QED) is 0.710. The first-order valence-electron chi connectivity index (χ1n) is 7.26. The fourth-order valence-electron chi connectivity index (χ4n) is 3.77. The monoisotopic (exact) mass is 221 g/mol. The van der Waals surface area contributed by atoms with Crippen LogP contribution in [0.15, 0.2) is 12.7 Å². The Balaban J connectivity index is 1.89. The Morgan fingerprint density at radius 3 is 2.38 bits per heavy atom. The van der Waals surface area contributed by atoms with E-state index in [0.29, 0.717) is 0 Å². The first-order valence-corrected chi connectivity index (χ1v) is 7.26. The van der Waals surface area contributed by atoms with Crippen molar-refractivity contribution in [2.45, 2.75) is 63.8 Å². The second-order valence-electron chi connectivity index (χ2n) is 5.65. The molecule has 2 rings (SSSR count). The van der Waals surface area contributed by atoms with E-state index in [-0.39, 0.29) is 0 Å². The van der Waals surface area contributed by atoms with Crippen LogP contribution in [-0.4, -0.2) is 12.6 Å². The van der Waals surface area contributed by atoms with Gasteiger partial charge in [0.15, 0.2) is 0 Å². The molecule has 0 aromatic heterocycles. The molecule has 2 aliphatic rings. The molecule has 0 radical (unpaired) electrons. The highest BCUT2D eigenvalue weighted by Crippen LogP contribution is 2.38. The summed E-state index contributed by atoms with van der Waals surface area (Å²) in [5.74, 6) is 1.99. The Morgan fingerprint density at radius 2 is 1.62 bits per heavy atom. The van der Waals surface area contributed by atoms with Crippen LogP contribution in [0.1, 0.15) is 57.8 Å². The first kappa shape index (κ1) is 12.2. The second kappa shape index (κ2) is 6.44. The third-order valence-electron chi connectivity index (χ3n) is 4.60. The molecule has 0 saturated heterocycles. The first-order chi connectivity index (χ1) is 7.92. The smallest absolute Gasteiger partial charge is 0.0134 e. The molecule has 0 aliphatic heterocycles. The van der Waals surface area contributed by atoms with Crippen molar-refractivity contribution in [3.05, 3.63) is 12.7 Å².